The molecule has 2 rings (SSSR count). The van der Waals surface area contributed by atoms with Gasteiger partial charge in [0.25, 0.3) is 0 Å². The standard InChI is InChI=1S/C13H15BrN2O.C2H6/c1-2-3-4-7-17-13-9-15-11-6-5-10(14)8-12(11)16-13;1-2/h5-6,8-9H,2-4,7H2,1H3;1-2H3. The molecule has 0 fully saturated rings. The summed E-state index contributed by atoms with van der Waals surface area (Å²) in [4.78, 5) is 8.73. The molecule has 1 aromatic heterocycles. The van der Waals surface area contributed by atoms with Gasteiger partial charge in [-0.1, -0.05) is 49.5 Å². The molecule has 0 unspecified atom stereocenters. The summed E-state index contributed by atoms with van der Waals surface area (Å²) in [6.45, 7) is 6.88. The molecule has 0 saturated carbocycles. The van der Waals surface area contributed by atoms with E-state index >= 15 is 0 Å². The number of aromatic nitrogens is 2. The Hall–Kier alpha value is -1.16. The van der Waals surface area contributed by atoms with Gasteiger partial charge < -0.3 is 4.74 Å². The lowest BCUT2D eigenvalue weighted by Crippen LogP contribution is -1.99. The number of unbranched alkanes of at least 4 members (excludes halogenated alkanes) is 2. The van der Waals surface area contributed by atoms with Crippen molar-refractivity contribution in [3.05, 3.63) is 28.9 Å². The molecule has 0 atom stereocenters. The van der Waals surface area contributed by atoms with Crippen LogP contribution in [0.2, 0.25) is 0 Å². The fourth-order valence-electron chi connectivity index (χ4n) is 1.57. The highest BCUT2D eigenvalue weighted by Gasteiger charge is 2.01. The second-order valence-electron chi connectivity index (χ2n) is 3.90. The molecule has 2 aromatic rings. The van der Waals surface area contributed by atoms with Crippen LogP contribution in [0.5, 0.6) is 5.88 Å². The van der Waals surface area contributed by atoms with Gasteiger partial charge in [0.05, 0.1) is 23.8 Å². The molecule has 0 bridgehead atoms. The van der Waals surface area contributed by atoms with Crippen LogP contribution in [0.1, 0.15) is 40.0 Å². The van der Waals surface area contributed by atoms with Gasteiger partial charge in [0.15, 0.2) is 0 Å². The maximum atomic E-state index is 5.57. The number of nitrogens with zero attached hydrogens (tertiary/aromatic N) is 2. The lowest BCUT2D eigenvalue weighted by molar-refractivity contribution is 0.295. The predicted octanol–water partition coefficient (Wildman–Crippen LogP) is 4.99. The van der Waals surface area contributed by atoms with Crippen LogP contribution in [0, 0.1) is 0 Å². The molecule has 0 saturated heterocycles. The smallest absolute Gasteiger partial charge is 0.232 e. The summed E-state index contributed by atoms with van der Waals surface area (Å²) in [5, 5.41) is 0. The number of hydrogen-bond acceptors (Lipinski definition) is 3. The topological polar surface area (TPSA) is 35.0 Å². The molecule has 0 radical (unpaired) electrons. The van der Waals surface area contributed by atoms with Crippen LogP contribution in [0.25, 0.3) is 11.0 Å². The van der Waals surface area contributed by atoms with E-state index in [0.29, 0.717) is 12.5 Å². The summed E-state index contributed by atoms with van der Waals surface area (Å²) in [6.07, 6.45) is 5.13. The van der Waals surface area contributed by atoms with Crippen LogP contribution < -0.4 is 4.74 Å². The van der Waals surface area contributed by atoms with E-state index in [1.165, 1.54) is 12.8 Å². The molecule has 19 heavy (non-hydrogen) atoms. The zero-order valence-electron chi connectivity index (χ0n) is 11.8. The Labute approximate surface area is 123 Å². The number of halogens is 1. The van der Waals surface area contributed by atoms with Gasteiger partial charge in [0.1, 0.15) is 0 Å². The summed E-state index contributed by atoms with van der Waals surface area (Å²) in [6, 6.07) is 5.84. The summed E-state index contributed by atoms with van der Waals surface area (Å²) in [5.41, 5.74) is 1.74. The van der Waals surface area contributed by atoms with E-state index in [4.69, 9.17) is 4.74 Å². The predicted molar refractivity (Wildman–Crippen MR) is 83.6 cm³/mol. The highest BCUT2D eigenvalue weighted by molar-refractivity contribution is 9.10. The molecule has 0 amide bonds. The van der Waals surface area contributed by atoms with Crippen molar-refractivity contribution in [2.24, 2.45) is 0 Å². The molecule has 104 valence electrons. The first-order chi connectivity index (χ1) is 9.29. The first-order valence-corrected chi connectivity index (χ1v) is 7.64. The SMILES string of the molecule is CC.CCCCCOc1cnc2ccc(Br)cc2n1. The van der Waals surface area contributed by atoms with Gasteiger partial charge in [-0.2, -0.15) is 0 Å². The summed E-state index contributed by atoms with van der Waals surface area (Å²) < 4.78 is 6.57. The minimum atomic E-state index is 0.603. The second-order valence-corrected chi connectivity index (χ2v) is 4.81. The van der Waals surface area contributed by atoms with E-state index in [1.54, 1.807) is 6.20 Å². The number of hydrogen-bond donors (Lipinski definition) is 0. The van der Waals surface area contributed by atoms with Crippen LogP contribution in [-0.2, 0) is 0 Å². The minimum Gasteiger partial charge on any atom is -0.477 e. The fourth-order valence-corrected chi connectivity index (χ4v) is 1.91. The Morgan fingerprint density at radius 1 is 1.16 bits per heavy atom. The number of benzene rings is 1. The monoisotopic (exact) mass is 324 g/mol. The Kier molecular flexibility index (Phi) is 7.41. The summed E-state index contributed by atoms with van der Waals surface area (Å²) in [7, 11) is 0. The molecule has 0 aliphatic heterocycles. The maximum absolute atomic E-state index is 5.57. The van der Waals surface area contributed by atoms with Crippen LogP contribution in [0.3, 0.4) is 0 Å². The van der Waals surface area contributed by atoms with E-state index in [9.17, 15) is 0 Å². The highest BCUT2D eigenvalue weighted by Crippen LogP contribution is 2.18. The molecule has 1 aromatic carbocycles. The van der Waals surface area contributed by atoms with Crippen LogP contribution in [-0.4, -0.2) is 16.6 Å². The lowest BCUT2D eigenvalue weighted by atomic mass is 10.3. The van der Waals surface area contributed by atoms with Crippen molar-refractivity contribution in [1.82, 2.24) is 9.97 Å². The number of fused-ring (bicyclic) bond motifs is 1. The van der Waals surface area contributed by atoms with Gasteiger partial charge in [-0.05, 0) is 24.6 Å². The first kappa shape index (κ1) is 15.9. The Balaban J connectivity index is 0.000000861. The van der Waals surface area contributed by atoms with Crippen molar-refractivity contribution in [3.8, 4) is 5.88 Å². The molecule has 0 N–H and O–H groups in total. The third-order valence-electron chi connectivity index (χ3n) is 2.48. The molecular weight excluding hydrogens is 304 g/mol. The van der Waals surface area contributed by atoms with E-state index in [2.05, 4.69) is 32.8 Å². The van der Waals surface area contributed by atoms with Crippen molar-refractivity contribution >= 4 is 27.0 Å². The van der Waals surface area contributed by atoms with Crippen molar-refractivity contribution < 1.29 is 4.74 Å². The molecular formula is C15H21BrN2O. The van der Waals surface area contributed by atoms with Crippen LogP contribution in [0.4, 0.5) is 0 Å². The molecule has 1 heterocycles. The Morgan fingerprint density at radius 2 is 1.95 bits per heavy atom. The van der Waals surface area contributed by atoms with Crippen molar-refractivity contribution in [2.45, 2.75) is 40.0 Å². The Bertz CT molecular complexity index is 502. The van der Waals surface area contributed by atoms with E-state index in [1.807, 2.05) is 32.0 Å². The van der Waals surface area contributed by atoms with Crippen LogP contribution >= 0.6 is 15.9 Å². The quantitative estimate of drug-likeness (QED) is 0.727. The van der Waals surface area contributed by atoms with Gasteiger partial charge in [0, 0.05) is 4.47 Å². The number of rotatable bonds is 5. The maximum Gasteiger partial charge on any atom is 0.232 e. The van der Waals surface area contributed by atoms with Crippen LogP contribution in [0.15, 0.2) is 28.9 Å². The normalized spacial score (nSPS) is 9.89. The van der Waals surface area contributed by atoms with Crippen molar-refractivity contribution in [3.63, 3.8) is 0 Å². The van der Waals surface area contributed by atoms with E-state index < -0.39 is 0 Å². The number of ether oxygens (including phenoxy) is 1. The van der Waals surface area contributed by atoms with Crippen molar-refractivity contribution in [2.75, 3.05) is 6.61 Å². The highest BCUT2D eigenvalue weighted by atomic mass is 79.9. The molecule has 3 nitrogen and oxygen atoms in total. The molecule has 0 aliphatic carbocycles. The van der Waals surface area contributed by atoms with Gasteiger partial charge in [-0.3, -0.25) is 0 Å². The third-order valence-corrected chi connectivity index (χ3v) is 2.97. The fraction of sp³-hybridized carbons (Fsp3) is 0.467. The van der Waals surface area contributed by atoms with Gasteiger partial charge in [-0.15, -0.1) is 0 Å². The second kappa shape index (κ2) is 8.86. The van der Waals surface area contributed by atoms with Gasteiger partial charge >= 0.3 is 0 Å². The summed E-state index contributed by atoms with van der Waals surface area (Å²) in [5.74, 6) is 0.603. The Morgan fingerprint density at radius 3 is 2.68 bits per heavy atom. The van der Waals surface area contributed by atoms with E-state index in [0.717, 1.165) is 21.9 Å². The zero-order valence-corrected chi connectivity index (χ0v) is 13.4. The lowest BCUT2D eigenvalue weighted by Gasteiger charge is -2.05. The average molecular weight is 325 g/mol. The zero-order chi connectivity index (χ0) is 14.1. The minimum absolute atomic E-state index is 0.603. The largest absolute Gasteiger partial charge is 0.477 e. The molecule has 4 heteroatoms. The molecule has 0 spiro atoms. The van der Waals surface area contributed by atoms with Gasteiger partial charge in [0.2, 0.25) is 5.88 Å². The average Bonchev–Trinajstić information content (AvgIpc) is 2.45. The third kappa shape index (κ3) is 5.15. The van der Waals surface area contributed by atoms with Crippen molar-refractivity contribution in [1.29, 1.82) is 0 Å². The molecule has 0 aliphatic rings. The van der Waals surface area contributed by atoms with Gasteiger partial charge in [-0.25, -0.2) is 9.97 Å². The summed E-state index contributed by atoms with van der Waals surface area (Å²) >= 11 is 3.42. The van der Waals surface area contributed by atoms with E-state index in [-0.39, 0.29) is 0 Å². The first-order valence-electron chi connectivity index (χ1n) is 6.84.